The van der Waals surface area contributed by atoms with E-state index >= 15 is 0 Å². The summed E-state index contributed by atoms with van der Waals surface area (Å²) in [6, 6.07) is 0. The molecule has 4 aliphatic carbocycles. The van der Waals surface area contributed by atoms with E-state index in [-0.39, 0.29) is 24.8 Å². The molecule has 0 aromatic heterocycles. The SMILES string of the molecule is C[SiH]1C2=CC3=C(CCCC3)[CH]2[Hf+2][C]2(C)C1=CC1=C2CCCC1.[Cl-].[Cl-]. The molecule has 5 rings (SSSR count). The van der Waals surface area contributed by atoms with E-state index in [2.05, 4.69) is 25.6 Å². The number of halogens is 2. The van der Waals surface area contributed by atoms with Crippen LogP contribution in [0, 0.1) is 0 Å². The van der Waals surface area contributed by atoms with Crippen molar-refractivity contribution in [3.05, 3.63) is 44.8 Å². The van der Waals surface area contributed by atoms with Crippen LogP contribution in [0.5, 0.6) is 0 Å². The Morgan fingerprint density at radius 2 is 1.62 bits per heavy atom. The summed E-state index contributed by atoms with van der Waals surface area (Å²) in [4.78, 5) is 0. The van der Waals surface area contributed by atoms with E-state index in [4.69, 9.17) is 0 Å². The van der Waals surface area contributed by atoms with Crippen LogP contribution in [0.15, 0.2) is 44.8 Å². The zero-order chi connectivity index (χ0) is 14.9. The maximum absolute atomic E-state index is 2.74. The van der Waals surface area contributed by atoms with Crippen LogP contribution in [0.3, 0.4) is 0 Å². The average molecular weight is 544 g/mol. The van der Waals surface area contributed by atoms with Gasteiger partial charge < -0.3 is 24.8 Å². The quantitative estimate of drug-likeness (QED) is 0.366. The molecule has 4 heteroatoms. The van der Waals surface area contributed by atoms with Crippen molar-refractivity contribution in [2.45, 2.75) is 71.7 Å². The fourth-order valence-corrected chi connectivity index (χ4v) is 22.5. The number of fused-ring (bicyclic) bond motifs is 4. The first-order valence-corrected chi connectivity index (χ1v) is 15.5. The molecule has 0 amide bonds. The zero-order valence-corrected chi connectivity index (χ0v) is 21.0. The third kappa shape index (κ3) is 2.61. The zero-order valence-electron chi connectivity index (χ0n) is 14.7. The van der Waals surface area contributed by atoms with Gasteiger partial charge in [-0.25, -0.2) is 0 Å². The van der Waals surface area contributed by atoms with Crippen LogP contribution in [-0.2, 0) is 22.9 Å². The van der Waals surface area contributed by atoms with Crippen molar-refractivity contribution < 1.29 is 47.7 Å². The van der Waals surface area contributed by atoms with Crippen molar-refractivity contribution in [1.29, 1.82) is 0 Å². The summed E-state index contributed by atoms with van der Waals surface area (Å²) in [5.74, 6) is 0. The number of hydrogen-bond acceptors (Lipinski definition) is 0. The maximum atomic E-state index is 2.74. The molecule has 0 nitrogen and oxygen atoms in total. The molecule has 3 atom stereocenters. The van der Waals surface area contributed by atoms with Gasteiger partial charge in [-0.3, -0.25) is 0 Å². The molecule has 0 aromatic carbocycles. The third-order valence-electron chi connectivity index (χ3n) is 7.00. The molecule has 3 unspecified atom stereocenters. The predicted molar refractivity (Wildman–Crippen MR) is 92.3 cm³/mol. The Balaban J connectivity index is 0.000000845. The summed E-state index contributed by atoms with van der Waals surface area (Å²) < 4.78 is 1.71. The Hall–Kier alpha value is 0.627. The van der Waals surface area contributed by atoms with Crippen LogP contribution in [-0.4, -0.2) is 8.80 Å². The minimum absolute atomic E-state index is 0. The minimum atomic E-state index is -0.849. The Morgan fingerprint density at radius 1 is 0.958 bits per heavy atom. The Bertz CT molecular complexity index is 688. The molecule has 0 N–H and O–H groups in total. The third-order valence-corrected chi connectivity index (χ3v) is 20.1. The van der Waals surface area contributed by atoms with Crippen molar-refractivity contribution in [1.82, 2.24) is 0 Å². The van der Waals surface area contributed by atoms with Gasteiger partial charge in [0.25, 0.3) is 0 Å². The van der Waals surface area contributed by atoms with Crippen LogP contribution in [0.2, 0.25) is 13.4 Å². The van der Waals surface area contributed by atoms with Crippen LogP contribution < -0.4 is 24.8 Å². The fraction of sp³-hybridized carbons (Fsp3) is 0.600. The molecule has 0 bridgehead atoms. The van der Waals surface area contributed by atoms with Crippen LogP contribution in [0.25, 0.3) is 0 Å². The van der Waals surface area contributed by atoms with Crippen molar-refractivity contribution >= 4 is 8.80 Å². The summed E-state index contributed by atoms with van der Waals surface area (Å²) in [6.07, 6.45) is 17.0. The maximum Gasteiger partial charge on any atom is -1.00 e. The van der Waals surface area contributed by atoms with E-state index in [1.165, 1.54) is 51.4 Å². The summed E-state index contributed by atoms with van der Waals surface area (Å²) >= 11 is -0.721. The van der Waals surface area contributed by atoms with Gasteiger partial charge in [-0.2, -0.15) is 0 Å². The standard InChI is InChI=1S/C20H26Si.2ClH.Hf/c1-14-19-10-6-5-9-17(19)13-20(14)21(2)18-11-15-7-3-4-8-16(15)12-18;;;/h11-13,21H,3-10H2,1-2H3;2*1H;/q;;;+2/p-2. The molecule has 1 fully saturated rings. The molecule has 0 aromatic rings. The first kappa shape index (κ1) is 19.4. The van der Waals surface area contributed by atoms with E-state index < -0.39 is 31.7 Å². The van der Waals surface area contributed by atoms with E-state index in [1.807, 2.05) is 32.7 Å². The van der Waals surface area contributed by atoms with Crippen molar-refractivity contribution in [2.24, 2.45) is 0 Å². The van der Waals surface area contributed by atoms with E-state index in [1.54, 1.807) is 0 Å². The van der Waals surface area contributed by atoms with Crippen LogP contribution >= 0.6 is 0 Å². The Kier molecular flexibility index (Phi) is 5.64. The molecule has 1 aliphatic heterocycles. The van der Waals surface area contributed by atoms with Gasteiger partial charge in [0.05, 0.1) is 0 Å². The smallest absolute Gasteiger partial charge is 1.00 e. The first-order valence-electron chi connectivity index (χ1n) is 9.34. The monoisotopic (exact) mass is 544 g/mol. The molecule has 1 saturated heterocycles. The summed E-state index contributed by atoms with van der Waals surface area (Å²) in [5, 5.41) is 3.99. The van der Waals surface area contributed by atoms with Gasteiger partial charge in [-0.15, -0.1) is 0 Å². The molecular weight excluding hydrogens is 518 g/mol. The van der Waals surface area contributed by atoms with Gasteiger partial charge in [0.1, 0.15) is 0 Å². The average Bonchev–Trinajstić information content (AvgIpc) is 3.04. The van der Waals surface area contributed by atoms with Crippen molar-refractivity contribution in [2.75, 3.05) is 0 Å². The predicted octanol–water partition coefficient (Wildman–Crippen LogP) is -0.386. The normalized spacial score (nSPS) is 35.9. The van der Waals surface area contributed by atoms with Gasteiger partial charge >= 0.3 is 148 Å². The van der Waals surface area contributed by atoms with Gasteiger partial charge in [0.2, 0.25) is 0 Å². The second-order valence-electron chi connectivity index (χ2n) is 8.14. The minimum Gasteiger partial charge on any atom is -1.00 e. The Labute approximate surface area is 172 Å². The molecule has 0 spiro atoms. The summed E-state index contributed by atoms with van der Waals surface area (Å²) in [6.45, 7) is 5.37. The van der Waals surface area contributed by atoms with Gasteiger partial charge in [0.15, 0.2) is 0 Å². The fourth-order valence-electron chi connectivity index (χ4n) is 5.84. The molecule has 1 heterocycles. The van der Waals surface area contributed by atoms with Crippen LogP contribution in [0.4, 0.5) is 0 Å². The Morgan fingerprint density at radius 3 is 2.42 bits per heavy atom. The number of rotatable bonds is 0. The van der Waals surface area contributed by atoms with E-state index in [0.717, 1.165) is 3.67 Å². The van der Waals surface area contributed by atoms with Crippen molar-refractivity contribution in [3.63, 3.8) is 0 Å². The molecule has 0 saturated carbocycles. The topological polar surface area (TPSA) is 0 Å². The van der Waals surface area contributed by atoms with Crippen LogP contribution in [0.1, 0.15) is 58.3 Å². The molecule has 24 heavy (non-hydrogen) atoms. The largest absolute Gasteiger partial charge is 1.00 e. The summed E-state index contributed by atoms with van der Waals surface area (Å²) in [5.41, 5.74) is 7.56. The second-order valence-corrected chi connectivity index (χ2v) is 17.6. The van der Waals surface area contributed by atoms with Gasteiger partial charge in [-0.1, -0.05) is 0 Å². The second kappa shape index (κ2) is 6.98. The van der Waals surface area contributed by atoms with Gasteiger partial charge in [0, 0.05) is 0 Å². The first-order chi connectivity index (χ1) is 10.7. The number of allylic oxidation sites excluding steroid dienone is 8. The van der Waals surface area contributed by atoms with E-state index in [0.29, 0.717) is 3.17 Å². The van der Waals surface area contributed by atoms with Crippen molar-refractivity contribution in [3.8, 4) is 0 Å². The summed E-state index contributed by atoms with van der Waals surface area (Å²) in [7, 11) is -0.849. The van der Waals surface area contributed by atoms with E-state index in [9.17, 15) is 0 Å². The molecule has 128 valence electrons. The van der Waals surface area contributed by atoms with Gasteiger partial charge in [-0.05, 0) is 0 Å². The molecular formula is C20H26Cl2HfSi. The molecule has 5 aliphatic rings. The number of hydrogen-bond donors (Lipinski definition) is 0. The molecule has 0 radical (unpaired) electrons.